The van der Waals surface area contributed by atoms with Crippen molar-refractivity contribution in [2.24, 2.45) is 0 Å². The second-order valence-corrected chi connectivity index (χ2v) is 6.10. The second-order valence-electron chi connectivity index (χ2n) is 3.90. The highest BCUT2D eigenvalue weighted by molar-refractivity contribution is 7.91. The van der Waals surface area contributed by atoms with Gasteiger partial charge >= 0.3 is 0 Å². The molecule has 1 fully saturated rings. The van der Waals surface area contributed by atoms with E-state index < -0.39 is 28.0 Å². The van der Waals surface area contributed by atoms with E-state index in [1.54, 1.807) is 0 Å². The summed E-state index contributed by atoms with van der Waals surface area (Å²) in [6.45, 7) is 2.18. The molecule has 3 unspecified atom stereocenters. The van der Waals surface area contributed by atoms with E-state index in [9.17, 15) is 8.42 Å². The lowest BCUT2D eigenvalue weighted by Gasteiger charge is -2.22. The zero-order valence-corrected chi connectivity index (χ0v) is 11.0. The minimum Gasteiger partial charge on any atom is -0.395 e. The van der Waals surface area contributed by atoms with Crippen LogP contribution in [0.15, 0.2) is 0 Å². The van der Waals surface area contributed by atoms with Crippen molar-refractivity contribution >= 4 is 9.84 Å². The minimum absolute atomic E-state index is 0.195. The summed E-state index contributed by atoms with van der Waals surface area (Å²) in [5.41, 5.74) is -1.04. The van der Waals surface area contributed by atoms with Gasteiger partial charge in [0.2, 0.25) is 0 Å². The quantitative estimate of drug-likeness (QED) is 0.674. The van der Waals surface area contributed by atoms with Crippen LogP contribution in [-0.4, -0.2) is 63.9 Å². The van der Waals surface area contributed by atoms with Crippen molar-refractivity contribution in [3.05, 3.63) is 0 Å². The Hall–Kier alpha value is -0.210. The van der Waals surface area contributed by atoms with E-state index in [4.69, 9.17) is 19.3 Å². The lowest BCUT2D eigenvalue weighted by molar-refractivity contribution is -0.0338. The Morgan fingerprint density at radius 2 is 2.18 bits per heavy atom. The number of methoxy groups -OCH3 is 1. The summed E-state index contributed by atoms with van der Waals surface area (Å²) in [5.74, 6) is -0.319. The molecule has 3 atom stereocenters. The average molecular weight is 268 g/mol. The Morgan fingerprint density at radius 1 is 1.47 bits per heavy atom. The van der Waals surface area contributed by atoms with E-state index >= 15 is 0 Å². The fourth-order valence-electron chi connectivity index (χ4n) is 1.75. The van der Waals surface area contributed by atoms with Crippen molar-refractivity contribution in [2.45, 2.75) is 31.0 Å². The average Bonchev–Trinajstić information content (AvgIpc) is 2.69. The number of rotatable bonds is 7. The van der Waals surface area contributed by atoms with Crippen LogP contribution in [0, 0.1) is 0 Å². The summed E-state index contributed by atoms with van der Waals surface area (Å²) in [7, 11) is -2.01. The first-order valence-electron chi connectivity index (χ1n) is 5.65. The summed E-state index contributed by atoms with van der Waals surface area (Å²) in [6, 6.07) is 0. The lowest BCUT2D eigenvalue weighted by Crippen LogP contribution is -2.40. The molecule has 1 aliphatic heterocycles. The third-order valence-corrected chi connectivity index (χ3v) is 4.47. The van der Waals surface area contributed by atoms with Crippen molar-refractivity contribution in [1.29, 1.82) is 0 Å². The maximum atomic E-state index is 11.8. The molecule has 1 heterocycles. The molecule has 0 bridgehead atoms. The highest BCUT2D eigenvalue weighted by atomic mass is 32.2. The van der Waals surface area contributed by atoms with Crippen LogP contribution < -0.4 is 0 Å². The third kappa shape index (κ3) is 3.62. The van der Waals surface area contributed by atoms with Gasteiger partial charge in [-0.1, -0.05) is 6.92 Å². The molecule has 0 aromatic carbocycles. The van der Waals surface area contributed by atoms with E-state index in [0.29, 0.717) is 6.61 Å². The molecular weight excluding hydrogens is 248 g/mol. The van der Waals surface area contributed by atoms with Crippen LogP contribution in [0.4, 0.5) is 0 Å². The maximum absolute atomic E-state index is 11.8. The Morgan fingerprint density at radius 3 is 2.71 bits per heavy atom. The van der Waals surface area contributed by atoms with Gasteiger partial charge in [-0.05, 0) is 6.42 Å². The molecule has 1 saturated heterocycles. The molecule has 102 valence electrons. The van der Waals surface area contributed by atoms with Crippen molar-refractivity contribution in [1.82, 2.24) is 0 Å². The molecule has 1 aliphatic rings. The van der Waals surface area contributed by atoms with Crippen molar-refractivity contribution in [3.63, 3.8) is 0 Å². The largest absolute Gasteiger partial charge is 0.395 e. The topological polar surface area (TPSA) is 82.1 Å². The van der Waals surface area contributed by atoms with Crippen LogP contribution >= 0.6 is 0 Å². The number of hydrogen-bond acceptors (Lipinski definition) is 6. The number of aliphatic hydroxyl groups is 1. The smallest absolute Gasteiger partial charge is 0.187 e. The number of sulfone groups is 1. The Labute approximate surface area is 102 Å². The van der Waals surface area contributed by atoms with Gasteiger partial charge in [-0.3, -0.25) is 0 Å². The highest BCUT2D eigenvalue weighted by Gasteiger charge is 2.45. The Bertz CT molecular complexity index is 315. The molecule has 1 rings (SSSR count). The molecule has 0 aromatic rings. The normalized spacial score (nSPS) is 29.7. The lowest BCUT2D eigenvalue weighted by atomic mass is 10.2. The molecule has 0 aliphatic carbocycles. The summed E-state index contributed by atoms with van der Waals surface area (Å²) < 4.78 is 39.6. The summed E-state index contributed by atoms with van der Waals surface area (Å²) >= 11 is 0. The molecule has 17 heavy (non-hydrogen) atoms. The molecule has 0 saturated carbocycles. The van der Waals surface area contributed by atoms with Gasteiger partial charge in [-0.15, -0.1) is 0 Å². The molecule has 7 heteroatoms. The van der Waals surface area contributed by atoms with Gasteiger partial charge < -0.3 is 19.3 Å². The minimum atomic E-state index is -3.51. The van der Waals surface area contributed by atoms with Gasteiger partial charge in [0, 0.05) is 13.7 Å². The van der Waals surface area contributed by atoms with Crippen LogP contribution in [0.5, 0.6) is 0 Å². The van der Waals surface area contributed by atoms with Gasteiger partial charge in [0.05, 0.1) is 19.0 Å². The molecule has 6 nitrogen and oxygen atoms in total. The number of hydrogen-bond donors (Lipinski definition) is 1. The van der Waals surface area contributed by atoms with Crippen LogP contribution in [0.3, 0.4) is 0 Å². The van der Waals surface area contributed by atoms with Crippen molar-refractivity contribution in [3.8, 4) is 0 Å². The van der Waals surface area contributed by atoms with E-state index in [2.05, 4.69) is 0 Å². The zero-order chi connectivity index (χ0) is 12.9. The monoisotopic (exact) mass is 268 g/mol. The summed E-state index contributed by atoms with van der Waals surface area (Å²) in [4.78, 5) is 0. The highest BCUT2D eigenvalue weighted by Crippen LogP contribution is 2.25. The van der Waals surface area contributed by atoms with Crippen LogP contribution in [-0.2, 0) is 24.0 Å². The van der Waals surface area contributed by atoms with Gasteiger partial charge in [0.1, 0.15) is 12.2 Å². The summed E-state index contributed by atoms with van der Waals surface area (Å²) in [5, 5.41) is 8.74. The first kappa shape index (κ1) is 14.8. The van der Waals surface area contributed by atoms with Crippen molar-refractivity contribution in [2.75, 3.05) is 32.7 Å². The van der Waals surface area contributed by atoms with Gasteiger partial charge in [-0.2, -0.15) is 0 Å². The van der Waals surface area contributed by atoms with Crippen LogP contribution in [0.1, 0.15) is 13.3 Å². The standard InChI is InChI=1S/C10H20O6S/c1-3-5-15-9-8(14-2)7-16-10(9)17(12,13)6-4-11/h8-11H,3-7H2,1-2H3. The second kappa shape index (κ2) is 6.65. The Kier molecular flexibility index (Phi) is 5.81. The SMILES string of the molecule is CCCOC1C(OC)COC1S(=O)(=O)CCO. The first-order valence-corrected chi connectivity index (χ1v) is 7.36. The molecular formula is C10H20O6S. The summed E-state index contributed by atoms with van der Waals surface area (Å²) in [6.07, 6.45) is -0.198. The van der Waals surface area contributed by atoms with E-state index in [1.165, 1.54) is 7.11 Å². The predicted molar refractivity (Wildman–Crippen MR) is 61.4 cm³/mol. The third-order valence-electron chi connectivity index (χ3n) is 2.61. The molecule has 0 amide bonds. The maximum Gasteiger partial charge on any atom is 0.187 e. The molecule has 0 radical (unpaired) electrons. The van der Waals surface area contributed by atoms with Crippen LogP contribution in [0.2, 0.25) is 0 Å². The van der Waals surface area contributed by atoms with E-state index in [1.807, 2.05) is 6.92 Å². The first-order chi connectivity index (χ1) is 8.06. The predicted octanol–water partition coefficient (Wildman–Crippen LogP) is -0.440. The van der Waals surface area contributed by atoms with Gasteiger partial charge in [-0.25, -0.2) is 8.42 Å². The molecule has 0 aromatic heterocycles. The molecule has 1 N–H and O–H groups in total. The number of aliphatic hydroxyl groups excluding tert-OH is 1. The van der Waals surface area contributed by atoms with Crippen LogP contribution in [0.25, 0.3) is 0 Å². The van der Waals surface area contributed by atoms with E-state index in [0.717, 1.165) is 6.42 Å². The zero-order valence-electron chi connectivity index (χ0n) is 10.2. The fraction of sp³-hybridized carbons (Fsp3) is 1.00. The fourth-order valence-corrected chi connectivity index (χ4v) is 3.18. The van der Waals surface area contributed by atoms with Gasteiger partial charge in [0.25, 0.3) is 0 Å². The number of ether oxygens (including phenoxy) is 3. The van der Waals surface area contributed by atoms with Gasteiger partial charge in [0.15, 0.2) is 15.3 Å². The van der Waals surface area contributed by atoms with E-state index in [-0.39, 0.29) is 18.5 Å². The molecule has 0 spiro atoms. The van der Waals surface area contributed by atoms with Crippen molar-refractivity contribution < 1.29 is 27.7 Å². The Balaban J connectivity index is 2.76.